The molecule has 18 heteroatoms. The summed E-state index contributed by atoms with van der Waals surface area (Å²) in [4.78, 5) is 38.6. The molecule has 1 fully saturated rings. The molecule has 1 saturated heterocycles. The van der Waals surface area contributed by atoms with Gasteiger partial charge >= 0.3 is 17.9 Å². The Labute approximate surface area is 256 Å². The Bertz CT molecular complexity index is 1600. The minimum atomic E-state index is -2.00. The van der Waals surface area contributed by atoms with Crippen LogP contribution in [-0.4, -0.2) is 113 Å². The topological polar surface area (TPSA) is 300 Å². The summed E-state index contributed by atoms with van der Waals surface area (Å²) >= 11 is 0. The van der Waals surface area contributed by atoms with Crippen molar-refractivity contribution in [3.8, 4) is 51.7 Å². The Morgan fingerprint density at radius 2 is 0.957 bits per heavy atom. The van der Waals surface area contributed by atoms with E-state index in [1.807, 2.05) is 0 Å². The van der Waals surface area contributed by atoms with Crippen LogP contribution in [0, 0.1) is 0 Å². The SMILES string of the molecule is CO[C@H]1O[C@H](COC(=O)c2cc(O)c(O)c(O)c2)[C@@H](O)[C@H](OC(=O)c2cc(O)c(O)c(O)c2)[C@H]1OC(=O)c1cc(O)c(O)c(O)c1. The van der Waals surface area contributed by atoms with E-state index in [-0.39, 0.29) is 0 Å². The van der Waals surface area contributed by atoms with Gasteiger partial charge in [0.25, 0.3) is 0 Å². The van der Waals surface area contributed by atoms with Crippen LogP contribution in [0.3, 0.4) is 0 Å². The van der Waals surface area contributed by atoms with Gasteiger partial charge in [-0.15, -0.1) is 0 Å². The molecule has 0 saturated carbocycles. The van der Waals surface area contributed by atoms with Gasteiger partial charge in [0, 0.05) is 7.11 Å². The van der Waals surface area contributed by atoms with E-state index in [1.165, 1.54) is 0 Å². The zero-order chi connectivity index (χ0) is 34.0. The number of ether oxygens (including phenoxy) is 5. The van der Waals surface area contributed by atoms with E-state index < -0.39 is 124 Å². The summed E-state index contributed by atoms with van der Waals surface area (Å²) < 4.78 is 26.6. The summed E-state index contributed by atoms with van der Waals surface area (Å²) in [6.45, 7) is -0.808. The van der Waals surface area contributed by atoms with Crippen molar-refractivity contribution in [2.45, 2.75) is 30.7 Å². The van der Waals surface area contributed by atoms with Gasteiger partial charge in [0.1, 0.15) is 18.8 Å². The number of aliphatic hydroxyl groups excluding tert-OH is 1. The standard InChI is InChI=1S/C28H26O18/c1-42-28-24(46-27(41)11-6-16(33)21(37)17(34)7-11)23(45-26(40)10-4-14(31)20(36)15(32)5-10)22(38)18(44-28)8-43-25(39)9-2-12(29)19(35)13(30)3-9/h2-7,18,22-24,28-38H,8H2,1H3/t18-,22-,23+,24-,28+/m1/s1. The number of hydrogen-bond donors (Lipinski definition) is 10. The number of carbonyl (C=O) groups excluding carboxylic acids is 3. The summed E-state index contributed by atoms with van der Waals surface area (Å²) in [6.07, 6.45) is -9.05. The first-order valence-electron chi connectivity index (χ1n) is 12.8. The maximum absolute atomic E-state index is 13.0. The maximum atomic E-state index is 13.0. The van der Waals surface area contributed by atoms with Crippen LogP contribution in [0.25, 0.3) is 0 Å². The molecule has 0 bridgehead atoms. The lowest BCUT2D eigenvalue weighted by Crippen LogP contribution is -2.61. The molecule has 4 rings (SSSR count). The van der Waals surface area contributed by atoms with Gasteiger partial charge in [0.05, 0.1) is 16.7 Å². The van der Waals surface area contributed by atoms with E-state index in [0.717, 1.165) is 31.4 Å². The first-order chi connectivity index (χ1) is 21.6. The number of phenols is 9. The third-order valence-electron chi connectivity index (χ3n) is 6.63. The van der Waals surface area contributed by atoms with Crippen molar-refractivity contribution in [1.82, 2.24) is 0 Å². The zero-order valence-corrected chi connectivity index (χ0v) is 23.3. The fourth-order valence-electron chi connectivity index (χ4n) is 4.27. The second kappa shape index (κ2) is 13.0. The van der Waals surface area contributed by atoms with Crippen LogP contribution in [0.15, 0.2) is 36.4 Å². The molecular formula is C28H26O18. The molecule has 3 aromatic rings. The van der Waals surface area contributed by atoms with Crippen molar-refractivity contribution in [1.29, 1.82) is 0 Å². The lowest BCUT2D eigenvalue weighted by molar-refractivity contribution is -0.292. The fourth-order valence-corrected chi connectivity index (χ4v) is 4.27. The predicted molar refractivity (Wildman–Crippen MR) is 145 cm³/mol. The zero-order valence-electron chi connectivity index (χ0n) is 23.3. The highest BCUT2D eigenvalue weighted by Gasteiger charge is 2.51. The molecule has 0 aromatic heterocycles. The molecule has 246 valence electrons. The predicted octanol–water partition coefficient (Wildman–Crippen LogP) is 0.377. The van der Waals surface area contributed by atoms with Gasteiger partial charge in [-0.05, 0) is 36.4 Å². The lowest BCUT2D eigenvalue weighted by Gasteiger charge is -2.42. The number of esters is 3. The minimum absolute atomic E-state index is 0.427. The Kier molecular flexibility index (Phi) is 9.36. The van der Waals surface area contributed by atoms with E-state index in [4.69, 9.17) is 23.7 Å². The van der Waals surface area contributed by atoms with Gasteiger partial charge in [-0.3, -0.25) is 0 Å². The van der Waals surface area contributed by atoms with Crippen LogP contribution >= 0.6 is 0 Å². The average molecular weight is 650 g/mol. The van der Waals surface area contributed by atoms with E-state index in [0.29, 0.717) is 12.1 Å². The Hall–Kier alpha value is -5.85. The summed E-state index contributed by atoms with van der Waals surface area (Å²) in [7, 11) is 1.06. The number of carbonyl (C=O) groups is 3. The number of aromatic hydroxyl groups is 9. The molecule has 1 aliphatic heterocycles. The molecular weight excluding hydrogens is 624 g/mol. The third kappa shape index (κ3) is 6.62. The molecule has 0 amide bonds. The van der Waals surface area contributed by atoms with Crippen molar-refractivity contribution in [3.05, 3.63) is 53.1 Å². The summed E-state index contributed by atoms with van der Waals surface area (Å²) in [6, 6.07) is 4.42. The smallest absolute Gasteiger partial charge is 0.339 e. The number of methoxy groups -OCH3 is 1. The number of rotatable bonds is 8. The monoisotopic (exact) mass is 650 g/mol. The first-order valence-corrected chi connectivity index (χ1v) is 12.8. The molecule has 0 spiro atoms. The van der Waals surface area contributed by atoms with Crippen molar-refractivity contribution in [2.24, 2.45) is 0 Å². The molecule has 10 N–H and O–H groups in total. The van der Waals surface area contributed by atoms with Gasteiger partial charge < -0.3 is 74.7 Å². The van der Waals surface area contributed by atoms with Gasteiger partial charge in [-0.25, -0.2) is 14.4 Å². The van der Waals surface area contributed by atoms with Gasteiger partial charge in [-0.2, -0.15) is 0 Å². The largest absolute Gasteiger partial charge is 0.504 e. The van der Waals surface area contributed by atoms with Gasteiger partial charge in [0.2, 0.25) is 0 Å². The van der Waals surface area contributed by atoms with Crippen molar-refractivity contribution < 1.29 is 89.1 Å². The summed E-state index contributed by atoms with van der Waals surface area (Å²) in [5, 5.41) is 98.4. The van der Waals surface area contributed by atoms with Crippen molar-refractivity contribution >= 4 is 17.9 Å². The second-order valence-corrected chi connectivity index (χ2v) is 9.70. The Morgan fingerprint density at radius 3 is 1.33 bits per heavy atom. The first kappa shape index (κ1) is 33.1. The molecule has 5 atom stereocenters. The van der Waals surface area contributed by atoms with E-state index in [1.54, 1.807) is 0 Å². The summed E-state index contributed by atoms with van der Waals surface area (Å²) in [5.74, 6) is -12.0. The van der Waals surface area contributed by atoms with Crippen LogP contribution in [-0.2, 0) is 23.7 Å². The second-order valence-electron chi connectivity index (χ2n) is 9.70. The molecule has 0 radical (unpaired) electrons. The van der Waals surface area contributed by atoms with Gasteiger partial charge in [0.15, 0.2) is 70.2 Å². The van der Waals surface area contributed by atoms with Gasteiger partial charge in [-0.1, -0.05) is 0 Å². The normalized spacial score (nSPS) is 20.9. The van der Waals surface area contributed by atoms with E-state index in [2.05, 4.69) is 0 Å². The quantitative estimate of drug-likeness (QED) is 0.0894. The molecule has 46 heavy (non-hydrogen) atoms. The highest BCUT2D eigenvalue weighted by Crippen LogP contribution is 2.38. The molecule has 0 unspecified atom stereocenters. The van der Waals surface area contributed by atoms with Crippen molar-refractivity contribution in [3.63, 3.8) is 0 Å². The number of hydrogen-bond acceptors (Lipinski definition) is 18. The fraction of sp³-hybridized carbons (Fsp3) is 0.250. The highest BCUT2D eigenvalue weighted by atomic mass is 16.7. The molecule has 1 heterocycles. The highest BCUT2D eigenvalue weighted by molar-refractivity contribution is 5.92. The average Bonchev–Trinajstić information content (AvgIpc) is 3.01. The molecule has 1 aliphatic rings. The van der Waals surface area contributed by atoms with E-state index in [9.17, 15) is 65.4 Å². The third-order valence-corrected chi connectivity index (χ3v) is 6.63. The number of benzene rings is 3. The Morgan fingerprint density at radius 1 is 0.609 bits per heavy atom. The van der Waals surface area contributed by atoms with Crippen molar-refractivity contribution in [2.75, 3.05) is 13.7 Å². The maximum Gasteiger partial charge on any atom is 0.339 e. The van der Waals surface area contributed by atoms with E-state index >= 15 is 0 Å². The summed E-state index contributed by atoms with van der Waals surface area (Å²) in [5.41, 5.74) is -1.50. The van der Waals surface area contributed by atoms with Crippen LogP contribution < -0.4 is 0 Å². The molecule has 0 aliphatic carbocycles. The van der Waals surface area contributed by atoms with Crippen LogP contribution in [0.2, 0.25) is 0 Å². The minimum Gasteiger partial charge on any atom is -0.504 e. The van der Waals surface area contributed by atoms with Crippen LogP contribution in [0.4, 0.5) is 0 Å². The number of aliphatic hydroxyl groups is 1. The molecule has 3 aromatic carbocycles. The lowest BCUT2D eigenvalue weighted by atomic mass is 9.98. The van der Waals surface area contributed by atoms with Crippen LogP contribution in [0.5, 0.6) is 51.7 Å². The van der Waals surface area contributed by atoms with Crippen LogP contribution in [0.1, 0.15) is 31.1 Å². The number of phenolic OH excluding ortho intramolecular Hbond substituents is 9. The Balaban J connectivity index is 1.63. The molecule has 18 nitrogen and oxygen atoms in total.